The Labute approximate surface area is 102 Å². The highest BCUT2D eigenvalue weighted by Gasteiger charge is 2.11. The maximum atomic E-state index is 6.09. The second kappa shape index (κ2) is 4.62. The lowest BCUT2D eigenvalue weighted by atomic mass is 10.0. The molecule has 0 bridgehead atoms. The molecule has 1 aromatic heterocycles. The van der Waals surface area contributed by atoms with Gasteiger partial charge in [0, 0.05) is 30.1 Å². The molecule has 0 aliphatic rings. The molecule has 90 valence electrons. The fourth-order valence-electron chi connectivity index (χ4n) is 2.11. The lowest BCUT2D eigenvalue weighted by molar-refractivity contribution is 0.733. The van der Waals surface area contributed by atoms with Gasteiger partial charge in [0.2, 0.25) is 0 Å². The molecule has 0 spiro atoms. The Hall–Kier alpha value is -1.77. The van der Waals surface area contributed by atoms with Crippen LogP contribution in [0.1, 0.15) is 24.6 Å². The minimum Gasteiger partial charge on any atom is -0.398 e. The zero-order valence-electron chi connectivity index (χ0n) is 10.7. The number of aromatic nitrogens is 2. The van der Waals surface area contributed by atoms with Crippen molar-refractivity contribution >= 4 is 5.69 Å². The van der Waals surface area contributed by atoms with Crippen LogP contribution in [0.15, 0.2) is 24.4 Å². The standard InChI is InChI=1S/C14H19N3/c1-4-5-14-12(9-17(3)16-14)11-7-6-10(2)8-13(11)15/h6-9H,4-5,15H2,1-3H3. The highest BCUT2D eigenvalue weighted by molar-refractivity contribution is 5.77. The van der Waals surface area contributed by atoms with Gasteiger partial charge in [-0.25, -0.2) is 0 Å². The SMILES string of the molecule is CCCc1nn(C)cc1-c1ccc(C)cc1N. The molecule has 2 N–H and O–H groups in total. The van der Waals surface area contributed by atoms with Gasteiger partial charge < -0.3 is 5.73 Å². The number of nitrogen functional groups attached to an aromatic ring is 1. The van der Waals surface area contributed by atoms with Gasteiger partial charge in [0.1, 0.15) is 0 Å². The van der Waals surface area contributed by atoms with Gasteiger partial charge >= 0.3 is 0 Å². The Morgan fingerprint density at radius 3 is 2.71 bits per heavy atom. The fourth-order valence-corrected chi connectivity index (χ4v) is 2.11. The molecule has 0 amide bonds. The topological polar surface area (TPSA) is 43.8 Å². The van der Waals surface area contributed by atoms with Crippen LogP contribution in [0.4, 0.5) is 5.69 Å². The Morgan fingerprint density at radius 2 is 2.06 bits per heavy atom. The average Bonchev–Trinajstić information content (AvgIpc) is 2.60. The van der Waals surface area contributed by atoms with Crippen LogP contribution >= 0.6 is 0 Å². The van der Waals surface area contributed by atoms with Crippen LogP contribution in [-0.2, 0) is 13.5 Å². The van der Waals surface area contributed by atoms with Crippen LogP contribution in [0.3, 0.4) is 0 Å². The van der Waals surface area contributed by atoms with Crippen LogP contribution < -0.4 is 5.73 Å². The van der Waals surface area contributed by atoms with Crippen molar-refractivity contribution in [1.29, 1.82) is 0 Å². The monoisotopic (exact) mass is 229 g/mol. The number of aryl methyl sites for hydroxylation is 3. The Kier molecular flexibility index (Phi) is 3.18. The van der Waals surface area contributed by atoms with Gasteiger partial charge in [-0.3, -0.25) is 4.68 Å². The van der Waals surface area contributed by atoms with Gasteiger partial charge in [-0.15, -0.1) is 0 Å². The Morgan fingerprint density at radius 1 is 1.29 bits per heavy atom. The molecule has 0 radical (unpaired) electrons. The third-order valence-corrected chi connectivity index (χ3v) is 2.89. The summed E-state index contributed by atoms with van der Waals surface area (Å²) in [5.74, 6) is 0. The lowest BCUT2D eigenvalue weighted by Crippen LogP contribution is -1.93. The highest BCUT2D eigenvalue weighted by atomic mass is 15.2. The maximum Gasteiger partial charge on any atom is 0.0703 e. The first kappa shape index (κ1) is 11.7. The van der Waals surface area contributed by atoms with Gasteiger partial charge in [-0.05, 0) is 25.0 Å². The first-order valence-electron chi connectivity index (χ1n) is 6.01. The molecular formula is C14H19N3. The normalized spacial score (nSPS) is 10.8. The second-order valence-corrected chi connectivity index (χ2v) is 4.50. The summed E-state index contributed by atoms with van der Waals surface area (Å²) in [4.78, 5) is 0. The molecule has 0 fully saturated rings. The molecule has 0 saturated carbocycles. The van der Waals surface area contributed by atoms with Crippen molar-refractivity contribution in [3.05, 3.63) is 35.7 Å². The van der Waals surface area contributed by atoms with Crippen molar-refractivity contribution in [2.45, 2.75) is 26.7 Å². The van der Waals surface area contributed by atoms with Gasteiger partial charge in [-0.2, -0.15) is 5.10 Å². The summed E-state index contributed by atoms with van der Waals surface area (Å²) in [6, 6.07) is 6.19. The molecule has 17 heavy (non-hydrogen) atoms. The quantitative estimate of drug-likeness (QED) is 0.822. The molecule has 3 heteroatoms. The minimum absolute atomic E-state index is 0.829. The summed E-state index contributed by atoms with van der Waals surface area (Å²) in [7, 11) is 1.95. The summed E-state index contributed by atoms with van der Waals surface area (Å²) in [5.41, 5.74) is 11.5. The van der Waals surface area contributed by atoms with E-state index in [9.17, 15) is 0 Å². The molecule has 2 aromatic rings. The van der Waals surface area contributed by atoms with E-state index in [4.69, 9.17) is 5.73 Å². The van der Waals surface area contributed by atoms with Crippen LogP contribution in [0.2, 0.25) is 0 Å². The summed E-state index contributed by atoms with van der Waals surface area (Å²) in [6.45, 7) is 4.22. The number of nitrogens with zero attached hydrogens (tertiary/aromatic N) is 2. The summed E-state index contributed by atoms with van der Waals surface area (Å²) >= 11 is 0. The van der Waals surface area contributed by atoms with Gasteiger partial charge in [0.05, 0.1) is 5.69 Å². The average molecular weight is 229 g/mol. The number of benzene rings is 1. The van der Waals surface area contributed by atoms with Crippen molar-refractivity contribution in [2.24, 2.45) is 7.05 Å². The second-order valence-electron chi connectivity index (χ2n) is 4.50. The van der Waals surface area contributed by atoms with Crippen molar-refractivity contribution in [3.8, 4) is 11.1 Å². The fraction of sp³-hybridized carbons (Fsp3) is 0.357. The molecule has 0 aliphatic carbocycles. The Balaban J connectivity index is 2.51. The van der Waals surface area contributed by atoms with E-state index in [-0.39, 0.29) is 0 Å². The number of hydrogen-bond acceptors (Lipinski definition) is 2. The third-order valence-electron chi connectivity index (χ3n) is 2.89. The number of anilines is 1. The van der Waals surface area contributed by atoms with E-state index in [1.807, 2.05) is 24.0 Å². The van der Waals surface area contributed by atoms with Crippen LogP contribution in [0, 0.1) is 6.92 Å². The van der Waals surface area contributed by atoms with Crippen molar-refractivity contribution in [3.63, 3.8) is 0 Å². The third kappa shape index (κ3) is 2.33. The van der Waals surface area contributed by atoms with Gasteiger partial charge in [0.15, 0.2) is 0 Å². The molecule has 3 nitrogen and oxygen atoms in total. The number of rotatable bonds is 3. The molecular weight excluding hydrogens is 210 g/mol. The summed E-state index contributed by atoms with van der Waals surface area (Å²) < 4.78 is 1.86. The van der Waals surface area contributed by atoms with Crippen molar-refractivity contribution < 1.29 is 0 Å². The maximum absolute atomic E-state index is 6.09. The molecule has 0 unspecified atom stereocenters. The van der Waals surface area contributed by atoms with E-state index in [0.29, 0.717) is 0 Å². The van der Waals surface area contributed by atoms with Crippen LogP contribution in [0.25, 0.3) is 11.1 Å². The zero-order valence-corrected chi connectivity index (χ0v) is 10.7. The highest BCUT2D eigenvalue weighted by Crippen LogP contribution is 2.29. The molecule has 1 aromatic carbocycles. The molecule has 0 aliphatic heterocycles. The molecule has 0 atom stereocenters. The van der Waals surface area contributed by atoms with E-state index in [0.717, 1.165) is 35.3 Å². The lowest BCUT2D eigenvalue weighted by Gasteiger charge is -2.06. The molecule has 1 heterocycles. The van der Waals surface area contributed by atoms with Crippen LogP contribution in [-0.4, -0.2) is 9.78 Å². The van der Waals surface area contributed by atoms with Crippen molar-refractivity contribution in [2.75, 3.05) is 5.73 Å². The minimum atomic E-state index is 0.829. The molecule has 2 rings (SSSR count). The van der Waals surface area contributed by atoms with Gasteiger partial charge in [0.25, 0.3) is 0 Å². The first-order valence-corrected chi connectivity index (χ1v) is 6.01. The summed E-state index contributed by atoms with van der Waals surface area (Å²) in [5, 5.41) is 4.50. The number of hydrogen-bond donors (Lipinski definition) is 1. The van der Waals surface area contributed by atoms with E-state index in [2.05, 4.69) is 31.1 Å². The summed E-state index contributed by atoms with van der Waals surface area (Å²) in [6.07, 6.45) is 4.13. The van der Waals surface area contributed by atoms with E-state index in [1.54, 1.807) is 0 Å². The van der Waals surface area contributed by atoms with Gasteiger partial charge in [-0.1, -0.05) is 25.5 Å². The van der Waals surface area contributed by atoms with Crippen molar-refractivity contribution in [1.82, 2.24) is 9.78 Å². The van der Waals surface area contributed by atoms with E-state index < -0.39 is 0 Å². The smallest absolute Gasteiger partial charge is 0.0703 e. The van der Waals surface area contributed by atoms with E-state index in [1.165, 1.54) is 5.56 Å². The zero-order chi connectivity index (χ0) is 12.4. The largest absolute Gasteiger partial charge is 0.398 e. The van der Waals surface area contributed by atoms with Crippen LogP contribution in [0.5, 0.6) is 0 Å². The predicted octanol–water partition coefficient (Wildman–Crippen LogP) is 2.93. The molecule has 0 saturated heterocycles. The first-order chi connectivity index (χ1) is 8.11. The Bertz CT molecular complexity index is 526. The van der Waals surface area contributed by atoms with E-state index >= 15 is 0 Å². The predicted molar refractivity (Wildman–Crippen MR) is 71.8 cm³/mol. The number of nitrogens with two attached hydrogens (primary N) is 1.